The molecule has 1 fully saturated rings. The molecule has 1 aliphatic rings. The molecule has 0 amide bonds. The largest absolute Gasteiger partial charge is 0.381 e. The topological polar surface area (TPSA) is 9.23 Å². The number of hydrogen-bond donors (Lipinski definition) is 0. The predicted octanol–water partition coefficient (Wildman–Crippen LogP) is 5.17. The predicted molar refractivity (Wildman–Crippen MR) is 78.8 cm³/mol. The minimum atomic E-state index is 0.741. The first kappa shape index (κ1) is 15.5. The zero-order chi connectivity index (χ0) is 12.5. The van der Waals surface area contributed by atoms with Crippen LogP contribution in [0.5, 0.6) is 0 Å². The minimum absolute atomic E-state index is 0.741. The first-order valence-corrected chi connectivity index (χ1v) is 8.41. The van der Waals surface area contributed by atoms with Crippen LogP contribution >= 0.6 is 15.9 Å². The molecule has 0 aliphatic heterocycles. The standard InChI is InChI=1S/C15H29BrO/c1-3-5-10-17-11-9-14-12-13(6-4-2)7-8-15(14)16/h13-15H,3-12H2,1-2H3. The van der Waals surface area contributed by atoms with E-state index < -0.39 is 0 Å². The third kappa shape index (κ3) is 6.24. The van der Waals surface area contributed by atoms with E-state index in [2.05, 4.69) is 29.8 Å². The number of unbranched alkanes of at least 4 members (excludes halogenated alkanes) is 1. The molecule has 0 heterocycles. The van der Waals surface area contributed by atoms with E-state index >= 15 is 0 Å². The van der Waals surface area contributed by atoms with Crippen molar-refractivity contribution in [3.63, 3.8) is 0 Å². The minimum Gasteiger partial charge on any atom is -0.381 e. The van der Waals surface area contributed by atoms with E-state index in [1.807, 2.05) is 0 Å². The maximum absolute atomic E-state index is 5.70. The second-order valence-electron chi connectivity index (χ2n) is 5.50. The third-order valence-electron chi connectivity index (χ3n) is 3.97. The van der Waals surface area contributed by atoms with Crippen LogP contribution in [0.2, 0.25) is 0 Å². The van der Waals surface area contributed by atoms with Crippen LogP contribution < -0.4 is 0 Å². The monoisotopic (exact) mass is 304 g/mol. The van der Waals surface area contributed by atoms with Gasteiger partial charge in [-0.2, -0.15) is 0 Å². The lowest BCUT2D eigenvalue weighted by Crippen LogP contribution is -2.26. The van der Waals surface area contributed by atoms with Crippen LogP contribution in [-0.4, -0.2) is 18.0 Å². The molecule has 0 radical (unpaired) electrons. The molecule has 0 aromatic rings. The zero-order valence-electron chi connectivity index (χ0n) is 11.6. The summed E-state index contributed by atoms with van der Waals surface area (Å²) in [5.41, 5.74) is 0. The highest BCUT2D eigenvalue weighted by molar-refractivity contribution is 9.09. The number of halogens is 1. The van der Waals surface area contributed by atoms with E-state index in [-0.39, 0.29) is 0 Å². The molecule has 0 aromatic carbocycles. The van der Waals surface area contributed by atoms with Gasteiger partial charge in [0.25, 0.3) is 0 Å². The van der Waals surface area contributed by atoms with Gasteiger partial charge in [-0.3, -0.25) is 0 Å². The molecule has 1 nitrogen and oxygen atoms in total. The maximum Gasteiger partial charge on any atom is 0.0469 e. The number of hydrogen-bond acceptors (Lipinski definition) is 1. The lowest BCUT2D eigenvalue weighted by Gasteiger charge is -2.33. The Morgan fingerprint density at radius 2 is 1.88 bits per heavy atom. The molecule has 0 N–H and O–H groups in total. The van der Waals surface area contributed by atoms with E-state index in [1.54, 1.807) is 0 Å². The summed E-state index contributed by atoms with van der Waals surface area (Å²) in [7, 11) is 0. The molecule has 3 unspecified atom stereocenters. The van der Waals surface area contributed by atoms with Crippen molar-refractivity contribution in [3.05, 3.63) is 0 Å². The summed E-state index contributed by atoms with van der Waals surface area (Å²) < 4.78 is 5.70. The normalized spacial score (nSPS) is 29.5. The second kappa shape index (κ2) is 9.38. The SMILES string of the molecule is CCCCOCCC1CC(CCC)CCC1Br. The molecular formula is C15H29BrO. The number of alkyl halides is 1. The van der Waals surface area contributed by atoms with Gasteiger partial charge in [-0.15, -0.1) is 0 Å². The summed E-state index contributed by atoms with van der Waals surface area (Å²) in [5, 5.41) is 0. The average Bonchev–Trinajstić information content (AvgIpc) is 2.33. The van der Waals surface area contributed by atoms with Crippen molar-refractivity contribution in [3.8, 4) is 0 Å². The van der Waals surface area contributed by atoms with Gasteiger partial charge < -0.3 is 4.74 Å². The van der Waals surface area contributed by atoms with Gasteiger partial charge in [0.15, 0.2) is 0 Å². The fourth-order valence-electron chi connectivity index (χ4n) is 2.88. The highest BCUT2D eigenvalue weighted by atomic mass is 79.9. The van der Waals surface area contributed by atoms with Crippen molar-refractivity contribution in [2.24, 2.45) is 11.8 Å². The van der Waals surface area contributed by atoms with Crippen molar-refractivity contribution < 1.29 is 4.74 Å². The summed E-state index contributed by atoms with van der Waals surface area (Å²) >= 11 is 3.86. The van der Waals surface area contributed by atoms with Crippen molar-refractivity contribution in [1.82, 2.24) is 0 Å². The zero-order valence-corrected chi connectivity index (χ0v) is 13.2. The first-order valence-electron chi connectivity index (χ1n) is 7.49. The van der Waals surface area contributed by atoms with Crippen LogP contribution in [0.3, 0.4) is 0 Å². The van der Waals surface area contributed by atoms with Gasteiger partial charge in [0.05, 0.1) is 0 Å². The number of rotatable bonds is 8. The van der Waals surface area contributed by atoms with Crippen molar-refractivity contribution >= 4 is 15.9 Å². The lowest BCUT2D eigenvalue weighted by molar-refractivity contribution is 0.107. The van der Waals surface area contributed by atoms with E-state index in [9.17, 15) is 0 Å². The average molecular weight is 305 g/mol. The summed E-state index contributed by atoms with van der Waals surface area (Å²) in [4.78, 5) is 0.741. The fourth-order valence-corrected chi connectivity index (χ4v) is 3.62. The van der Waals surface area contributed by atoms with Gasteiger partial charge >= 0.3 is 0 Å². The second-order valence-corrected chi connectivity index (χ2v) is 6.67. The maximum atomic E-state index is 5.70. The molecule has 0 saturated heterocycles. The Hall–Kier alpha value is 0.440. The molecule has 2 heteroatoms. The Bertz CT molecular complexity index is 184. The first-order chi connectivity index (χ1) is 8.27. The van der Waals surface area contributed by atoms with Gasteiger partial charge in [-0.05, 0) is 43.9 Å². The van der Waals surface area contributed by atoms with Crippen LogP contribution in [0.15, 0.2) is 0 Å². The van der Waals surface area contributed by atoms with Gasteiger partial charge in [0, 0.05) is 18.0 Å². The molecule has 0 aromatic heterocycles. The summed E-state index contributed by atoms with van der Waals surface area (Å²) in [6, 6.07) is 0. The Labute approximate surface area is 116 Å². The molecule has 1 aliphatic carbocycles. The van der Waals surface area contributed by atoms with Gasteiger partial charge in [-0.1, -0.05) is 49.0 Å². The fraction of sp³-hybridized carbons (Fsp3) is 1.00. The molecule has 1 saturated carbocycles. The van der Waals surface area contributed by atoms with Crippen LogP contribution in [-0.2, 0) is 4.74 Å². The molecule has 3 atom stereocenters. The van der Waals surface area contributed by atoms with Gasteiger partial charge in [0.2, 0.25) is 0 Å². The third-order valence-corrected chi connectivity index (χ3v) is 5.18. The molecule has 102 valence electrons. The summed E-state index contributed by atoms with van der Waals surface area (Å²) in [6.45, 7) is 6.44. The van der Waals surface area contributed by atoms with Crippen molar-refractivity contribution in [2.75, 3.05) is 13.2 Å². The highest BCUT2D eigenvalue weighted by Gasteiger charge is 2.27. The van der Waals surface area contributed by atoms with E-state index in [0.717, 1.165) is 29.9 Å². The van der Waals surface area contributed by atoms with Crippen molar-refractivity contribution in [1.29, 1.82) is 0 Å². The van der Waals surface area contributed by atoms with Crippen LogP contribution in [0.25, 0.3) is 0 Å². The molecule has 17 heavy (non-hydrogen) atoms. The Morgan fingerprint density at radius 1 is 1.06 bits per heavy atom. The smallest absolute Gasteiger partial charge is 0.0469 e. The lowest BCUT2D eigenvalue weighted by atomic mass is 9.78. The van der Waals surface area contributed by atoms with E-state index in [1.165, 1.54) is 51.4 Å². The Morgan fingerprint density at radius 3 is 2.59 bits per heavy atom. The van der Waals surface area contributed by atoms with Crippen molar-refractivity contribution in [2.45, 2.75) is 70.0 Å². The van der Waals surface area contributed by atoms with Gasteiger partial charge in [0.1, 0.15) is 0 Å². The Balaban J connectivity index is 2.15. The van der Waals surface area contributed by atoms with Gasteiger partial charge in [-0.25, -0.2) is 0 Å². The highest BCUT2D eigenvalue weighted by Crippen LogP contribution is 2.37. The van der Waals surface area contributed by atoms with E-state index in [0.29, 0.717) is 0 Å². The van der Waals surface area contributed by atoms with Crippen LogP contribution in [0.4, 0.5) is 0 Å². The van der Waals surface area contributed by atoms with Crippen LogP contribution in [0.1, 0.15) is 65.2 Å². The molecular weight excluding hydrogens is 276 g/mol. The number of ether oxygens (including phenoxy) is 1. The Kier molecular flexibility index (Phi) is 8.55. The molecule has 1 rings (SSSR count). The van der Waals surface area contributed by atoms with Crippen LogP contribution in [0, 0.1) is 11.8 Å². The summed E-state index contributed by atoms with van der Waals surface area (Å²) in [5.74, 6) is 1.83. The quantitative estimate of drug-likeness (QED) is 0.444. The summed E-state index contributed by atoms with van der Waals surface area (Å²) in [6.07, 6.45) is 10.7. The molecule has 0 bridgehead atoms. The van der Waals surface area contributed by atoms with E-state index in [4.69, 9.17) is 4.74 Å². The molecule has 0 spiro atoms.